The van der Waals surface area contributed by atoms with Gasteiger partial charge in [-0.3, -0.25) is 14.4 Å². The van der Waals surface area contributed by atoms with Crippen molar-refractivity contribution in [1.82, 2.24) is 5.32 Å². The summed E-state index contributed by atoms with van der Waals surface area (Å²) in [5.74, 6) is -9.64. The van der Waals surface area contributed by atoms with Crippen LogP contribution in [0.3, 0.4) is 0 Å². The van der Waals surface area contributed by atoms with Crippen LogP contribution in [0.15, 0.2) is 12.1 Å². The van der Waals surface area contributed by atoms with Gasteiger partial charge in [-0.05, 0) is 49.9 Å². The van der Waals surface area contributed by atoms with Crippen LogP contribution in [-0.2, 0) is 14.4 Å². The van der Waals surface area contributed by atoms with Gasteiger partial charge in [0, 0.05) is 6.04 Å². The minimum Gasteiger partial charge on any atom is -0.352 e. The maximum absolute atomic E-state index is 14.3. The number of carbonyl (C=O) groups excluding carboxylic acids is 3. The second kappa shape index (κ2) is 8.53. The summed E-state index contributed by atoms with van der Waals surface area (Å²) in [5, 5.41) is 5.79. The van der Waals surface area contributed by atoms with E-state index in [1.165, 1.54) is 12.1 Å². The molecule has 1 aliphatic carbocycles. The number of benzene rings is 1. The van der Waals surface area contributed by atoms with E-state index in [4.69, 9.17) is 0 Å². The van der Waals surface area contributed by atoms with E-state index in [-0.39, 0.29) is 24.2 Å². The second-order valence-electron chi connectivity index (χ2n) is 8.51. The quantitative estimate of drug-likeness (QED) is 0.445. The van der Waals surface area contributed by atoms with Gasteiger partial charge in [-0.15, -0.1) is 0 Å². The maximum atomic E-state index is 14.3. The Hall–Kier alpha value is -2.79. The van der Waals surface area contributed by atoms with Gasteiger partial charge in [0.05, 0.1) is 11.4 Å². The van der Waals surface area contributed by atoms with Crippen molar-refractivity contribution in [3.8, 4) is 0 Å². The van der Waals surface area contributed by atoms with Crippen LogP contribution in [0.4, 0.5) is 37.7 Å². The predicted molar refractivity (Wildman–Crippen MR) is 106 cm³/mol. The van der Waals surface area contributed by atoms with E-state index in [9.17, 15) is 40.7 Å². The molecule has 0 bridgehead atoms. The second-order valence-corrected chi connectivity index (χ2v) is 8.51. The van der Waals surface area contributed by atoms with Gasteiger partial charge in [0.2, 0.25) is 17.7 Å². The Morgan fingerprint density at radius 2 is 1.27 bits per heavy atom. The summed E-state index contributed by atoms with van der Waals surface area (Å²) in [5.41, 5.74) is -4.45. The third-order valence-electron chi connectivity index (χ3n) is 6.30. The summed E-state index contributed by atoms with van der Waals surface area (Å²) < 4.78 is 85.5. The van der Waals surface area contributed by atoms with Crippen molar-refractivity contribution in [3.63, 3.8) is 0 Å². The van der Waals surface area contributed by atoms with Crippen LogP contribution in [-0.4, -0.2) is 36.1 Å². The smallest absolute Gasteiger partial charge is 0.352 e. The van der Waals surface area contributed by atoms with E-state index in [2.05, 4.69) is 0 Å². The van der Waals surface area contributed by atoms with Crippen LogP contribution in [0, 0.1) is 25.2 Å². The number of alkyl halides is 6. The minimum absolute atomic E-state index is 0.162. The predicted octanol–water partition coefficient (Wildman–Crippen LogP) is 4.37. The Morgan fingerprint density at radius 3 is 1.67 bits per heavy atom. The lowest BCUT2D eigenvalue weighted by Gasteiger charge is -2.40. The summed E-state index contributed by atoms with van der Waals surface area (Å²) in [6.45, 7) is 3.22. The summed E-state index contributed by atoms with van der Waals surface area (Å²) in [4.78, 5) is 38.3. The molecule has 1 saturated carbocycles. The molecule has 2 aliphatic rings. The molecule has 182 valence electrons. The summed E-state index contributed by atoms with van der Waals surface area (Å²) >= 11 is 0. The SMILES string of the molecule is Cc1cc2c(cc1C)NC(=O)C(C(C(=O)NC1CCCCC1)(C(F)(F)F)C(F)(F)F)C(=O)N2. The van der Waals surface area contributed by atoms with Gasteiger partial charge in [-0.1, -0.05) is 19.3 Å². The monoisotopic (exact) mass is 479 g/mol. The van der Waals surface area contributed by atoms with Gasteiger partial charge in [-0.2, -0.15) is 26.3 Å². The number of nitrogens with one attached hydrogen (secondary N) is 3. The van der Waals surface area contributed by atoms with Gasteiger partial charge in [0.15, 0.2) is 0 Å². The van der Waals surface area contributed by atoms with Crippen molar-refractivity contribution in [3.05, 3.63) is 23.3 Å². The van der Waals surface area contributed by atoms with Crippen LogP contribution >= 0.6 is 0 Å². The molecule has 1 fully saturated rings. The molecule has 6 nitrogen and oxygen atoms in total. The highest BCUT2D eigenvalue weighted by Gasteiger charge is 2.81. The van der Waals surface area contributed by atoms with Crippen molar-refractivity contribution in [1.29, 1.82) is 0 Å². The van der Waals surface area contributed by atoms with E-state index in [0.717, 1.165) is 6.42 Å². The first-order valence-electron chi connectivity index (χ1n) is 10.4. The van der Waals surface area contributed by atoms with Crippen LogP contribution in [0.2, 0.25) is 0 Å². The van der Waals surface area contributed by atoms with Gasteiger partial charge < -0.3 is 16.0 Å². The molecule has 0 unspecified atom stereocenters. The number of amides is 3. The number of anilines is 2. The van der Waals surface area contributed by atoms with Crippen molar-refractivity contribution < 1.29 is 40.7 Å². The standard InChI is InChI=1S/C21H23F6N3O3/c1-10-8-13-14(9-11(10)2)30-17(32)15(16(31)29-13)19(20(22,23)24,21(25,26)27)18(33)28-12-6-4-3-5-7-12/h8-9,12,15H,3-7H2,1-2H3,(H,28,33)(H,29,31)(H,30,32). The van der Waals surface area contributed by atoms with E-state index in [1.807, 2.05) is 16.0 Å². The first-order chi connectivity index (χ1) is 15.2. The van der Waals surface area contributed by atoms with Crippen LogP contribution < -0.4 is 16.0 Å². The molecule has 12 heteroatoms. The Bertz CT molecular complexity index is 910. The fourth-order valence-electron chi connectivity index (χ4n) is 4.37. The van der Waals surface area contributed by atoms with Gasteiger partial charge in [0.1, 0.15) is 5.92 Å². The largest absolute Gasteiger partial charge is 0.413 e. The molecule has 1 aromatic carbocycles. The lowest BCUT2D eigenvalue weighted by atomic mass is 9.71. The Morgan fingerprint density at radius 1 is 0.848 bits per heavy atom. The highest BCUT2D eigenvalue weighted by atomic mass is 19.4. The molecule has 3 rings (SSSR count). The maximum Gasteiger partial charge on any atom is 0.413 e. The van der Waals surface area contributed by atoms with Crippen LogP contribution in [0.1, 0.15) is 43.2 Å². The van der Waals surface area contributed by atoms with Crippen LogP contribution in [0.5, 0.6) is 0 Å². The first kappa shape index (κ1) is 24.8. The average Bonchev–Trinajstić information content (AvgIpc) is 2.78. The molecule has 0 saturated heterocycles. The van der Waals surface area contributed by atoms with E-state index < -0.39 is 47.4 Å². The molecule has 0 aromatic heterocycles. The summed E-state index contributed by atoms with van der Waals surface area (Å²) in [6, 6.07) is 1.71. The van der Waals surface area contributed by atoms with Gasteiger partial charge in [0.25, 0.3) is 5.41 Å². The number of hydrogen-bond acceptors (Lipinski definition) is 3. The summed E-state index contributed by atoms with van der Waals surface area (Å²) in [6.07, 6.45) is -10.4. The lowest BCUT2D eigenvalue weighted by Crippen LogP contribution is -2.68. The zero-order valence-corrected chi connectivity index (χ0v) is 17.8. The third kappa shape index (κ3) is 4.26. The minimum atomic E-state index is -6.30. The Kier molecular flexibility index (Phi) is 6.42. The van der Waals surface area contributed by atoms with Gasteiger partial charge in [-0.25, -0.2) is 0 Å². The summed E-state index contributed by atoms with van der Waals surface area (Å²) in [7, 11) is 0. The molecule has 0 spiro atoms. The molecule has 3 N–H and O–H groups in total. The van der Waals surface area contributed by atoms with E-state index in [1.54, 1.807) is 13.8 Å². The molecule has 3 amide bonds. The topological polar surface area (TPSA) is 87.3 Å². The normalized spacial score (nSPS) is 18.8. The fourth-order valence-corrected chi connectivity index (χ4v) is 4.37. The highest BCUT2D eigenvalue weighted by Crippen LogP contribution is 2.56. The fraction of sp³-hybridized carbons (Fsp3) is 0.571. The molecule has 1 heterocycles. The Balaban J connectivity index is 2.14. The van der Waals surface area contributed by atoms with Crippen LogP contribution in [0.25, 0.3) is 0 Å². The third-order valence-corrected chi connectivity index (χ3v) is 6.30. The Labute approximate surface area is 185 Å². The van der Waals surface area contributed by atoms with Crippen molar-refractivity contribution >= 4 is 29.1 Å². The van der Waals surface area contributed by atoms with Gasteiger partial charge >= 0.3 is 12.4 Å². The van der Waals surface area contributed by atoms with Crippen molar-refractivity contribution in [2.75, 3.05) is 10.6 Å². The lowest BCUT2D eigenvalue weighted by molar-refractivity contribution is -0.334. The van der Waals surface area contributed by atoms with E-state index >= 15 is 0 Å². The molecule has 33 heavy (non-hydrogen) atoms. The zero-order valence-electron chi connectivity index (χ0n) is 17.8. The molecule has 0 radical (unpaired) electrons. The molecular formula is C21H23F6N3O3. The van der Waals surface area contributed by atoms with E-state index in [0.29, 0.717) is 24.0 Å². The molecule has 1 aromatic rings. The van der Waals surface area contributed by atoms with Crippen molar-refractivity contribution in [2.45, 2.75) is 64.3 Å². The number of rotatable bonds is 3. The number of hydrogen-bond donors (Lipinski definition) is 3. The number of fused-ring (bicyclic) bond motifs is 1. The number of aryl methyl sites for hydroxylation is 2. The molecule has 1 aliphatic heterocycles. The average molecular weight is 479 g/mol. The number of halogens is 6. The highest BCUT2D eigenvalue weighted by molar-refractivity contribution is 6.18. The molecular weight excluding hydrogens is 456 g/mol. The molecule has 0 atom stereocenters. The zero-order chi connectivity index (χ0) is 24.8. The number of carbonyl (C=O) groups is 3. The van der Waals surface area contributed by atoms with Crippen molar-refractivity contribution in [2.24, 2.45) is 11.3 Å². The first-order valence-corrected chi connectivity index (χ1v) is 10.4.